The number of anilines is 1. The average molecular weight is 483 g/mol. The second-order valence-corrected chi connectivity index (χ2v) is 10.4. The van der Waals surface area contributed by atoms with E-state index in [0.29, 0.717) is 31.6 Å². The van der Waals surface area contributed by atoms with E-state index in [1.807, 2.05) is 24.3 Å². The average Bonchev–Trinajstić information content (AvgIpc) is 3.58. The molecule has 1 aliphatic carbocycles. The number of nitrogens with zero attached hydrogens (tertiary/aromatic N) is 3. The minimum absolute atomic E-state index is 0.0223. The van der Waals surface area contributed by atoms with E-state index in [0.717, 1.165) is 55.5 Å². The molecular formula is C26H35BFN3O4. The molecule has 1 aromatic carbocycles. The van der Waals surface area contributed by atoms with Gasteiger partial charge in [0.15, 0.2) is 5.82 Å². The van der Waals surface area contributed by atoms with Gasteiger partial charge in [-0.2, -0.15) is 4.98 Å². The summed E-state index contributed by atoms with van der Waals surface area (Å²) < 4.78 is 30.4. The number of allylic oxidation sites excluding steroid dienone is 1. The van der Waals surface area contributed by atoms with Crippen molar-refractivity contribution in [3.05, 3.63) is 48.4 Å². The summed E-state index contributed by atoms with van der Waals surface area (Å²) >= 11 is 0. The fraction of sp³-hybridized carbons (Fsp3) is 0.577. The highest BCUT2D eigenvalue weighted by Gasteiger charge is 2.34. The first-order valence-electron chi connectivity index (χ1n) is 12.6. The molecule has 9 heteroatoms. The lowest BCUT2D eigenvalue weighted by Crippen LogP contribution is -2.47. The zero-order valence-electron chi connectivity index (χ0n) is 20.8. The van der Waals surface area contributed by atoms with Crippen molar-refractivity contribution in [2.75, 3.05) is 24.7 Å². The summed E-state index contributed by atoms with van der Waals surface area (Å²) in [5.74, 6) is 1.40. The fourth-order valence-electron chi connectivity index (χ4n) is 4.10. The molecule has 0 N–H and O–H groups in total. The molecule has 1 aromatic heterocycles. The number of hydrogen-bond donors (Lipinski definition) is 0. The topological polar surface area (TPSA) is 77.7 Å². The second kappa shape index (κ2) is 11.5. The van der Waals surface area contributed by atoms with Crippen LogP contribution in [0.15, 0.2) is 41.2 Å². The number of halogens is 1. The van der Waals surface area contributed by atoms with Gasteiger partial charge in [0, 0.05) is 56.0 Å². The molecule has 35 heavy (non-hydrogen) atoms. The zero-order valence-corrected chi connectivity index (χ0v) is 20.8. The van der Waals surface area contributed by atoms with E-state index in [-0.39, 0.29) is 24.2 Å². The Hall–Kier alpha value is -2.52. The van der Waals surface area contributed by atoms with Gasteiger partial charge in [0.05, 0.1) is 5.83 Å². The summed E-state index contributed by atoms with van der Waals surface area (Å²) in [6, 6.07) is 7.68. The Kier molecular flexibility index (Phi) is 8.39. The van der Waals surface area contributed by atoms with E-state index in [4.69, 9.17) is 13.8 Å². The van der Waals surface area contributed by atoms with Crippen LogP contribution < -0.4 is 10.4 Å². The highest BCUT2D eigenvalue weighted by atomic mass is 19.1. The molecular weight excluding hydrogens is 448 g/mol. The van der Waals surface area contributed by atoms with E-state index in [1.165, 1.54) is 0 Å². The van der Waals surface area contributed by atoms with Crippen LogP contribution in [0, 0.1) is 5.41 Å². The minimum atomic E-state index is -0.483. The summed E-state index contributed by atoms with van der Waals surface area (Å²) in [6.07, 6.45) is 5.75. The Labute approximate surface area is 207 Å². The first-order chi connectivity index (χ1) is 16.8. The van der Waals surface area contributed by atoms with E-state index in [2.05, 4.69) is 30.6 Å². The van der Waals surface area contributed by atoms with Crippen molar-refractivity contribution in [3.63, 3.8) is 0 Å². The van der Waals surface area contributed by atoms with Gasteiger partial charge in [-0.1, -0.05) is 44.1 Å². The SMILES string of the molecule is C=C(F)CCC(=O)N(CCCCCc1nc(C2CC2)no1)c1cccc(B2OCC(C)(C)CO2)c1. The van der Waals surface area contributed by atoms with Crippen molar-refractivity contribution in [3.8, 4) is 0 Å². The zero-order chi connectivity index (χ0) is 24.8. The number of hydrogen-bond acceptors (Lipinski definition) is 6. The third-order valence-corrected chi connectivity index (χ3v) is 6.31. The number of rotatable bonds is 12. The first kappa shape index (κ1) is 25.6. The molecule has 2 heterocycles. The number of benzene rings is 1. The maximum atomic E-state index is 13.2. The smallest absolute Gasteiger partial charge is 0.407 e. The van der Waals surface area contributed by atoms with E-state index in [1.54, 1.807) is 4.90 Å². The molecule has 1 aliphatic heterocycles. The Bertz CT molecular complexity index is 1010. The fourth-order valence-corrected chi connectivity index (χ4v) is 4.10. The third-order valence-electron chi connectivity index (χ3n) is 6.31. The monoisotopic (exact) mass is 483 g/mol. The first-order valence-corrected chi connectivity index (χ1v) is 12.6. The molecule has 1 saturated carbocycles. The van der Waals surface area contributed by atoms with Crippen molar-refractivity contribution in [1.82, 2.24) is 10.1 Å². The maximum Gasteiger partial charge on any atom is 0.493 e. The van der Waals surface area contributed by atoms with Gasteiger partial charge in [0.25, 0.3) is 0 Å². The maximum absolute atomic E-state index is 13.2. The lowest BCUT2D eigenvalue weighted by atomic mass is 9.75. The normalized spacial score (nSPS) is 17.4. The number of aryl methyl sites for hydroxylation is 1. The van der Waals surface area contributed by atoms with Crippen LogP contribution in [0.2, 0.25) is 0 Å². The highest BCUT2D eigenvalue weighted by Crippen LogP contribution is 2.38. The van der Waals surface area contributed by atoms with Crippen LogP contribution in [0.3, 0.4) is 0 Å². The summed E-state index contributed by atoms with van der Waals surface area (Å²) in [5, 5.41) is 4.06. The van der Waals surface area contributed by atoms with Crippen molar-refractivity contribution in [1.29, 1.82) is 0 Å². The standard InChI is InChI=1S/C26H35BFN3O4/c1-19(28)11-14-24(32)31(15-6-4-5-10-23-29-25(30-35-23)20-12-13-20)22-9-7-8-21(16-22)27-33-17-26(2,3)18-34-27/h7-9,16,20H,1,4-6,10-15,17-18H2,2-3H3. The molecule has 188 valence electrons. The predicted molar refractivity (Wildman–Crippen MR) is 133 cm³/mol. The lowest BCUT2D eigenvalue weighted by molar-refractivity contribution is -0.118. The third kappa shape index (κ3) is 7.48. The Morgan fingerprint density at radius 1 is 1.20 bits per heavy atom. The number of unbranched alkanes of at least 4 members (excludes halogenated alkanes) is 2. The van der Waals surface area contributed by atoms with Crippen LogP contribution in [0.4, 0.5) is 10.1 Å². The van der Waals surface area contributed by atoms with Gasteiger partial charge >= 0.3 is 7.12 Å². The van der Waals surface area contributed by atoms with Crippen molar-refractivity contribution in [2.45, 2.75) is 71.1 Å². The van der Waals surface area contributed by atoms with Crippen LogP contribution in [-0.2, 0) is 20.5 Å². The number of carbonyl (C=O) groups excluding carboxylic acids is 1. The van der Waals surface area contributed by atoms with Crippen molar-refractivity contribution >= 4 is 24.2 Å². The van der Waals surface area contributed by atoms with Crippen LogP contribution in [0.5, 0.6) is 0 Å². The molecule has 0 radical (unpaired) electrons. The van der Waals surface area contributed by atoms with E-state index < -0.39 is 12.9 Å². The van der Waals surface area contributed by atoms with Gasteiger partial charge in [0.1, 0.15) is 0 Å². The lowest BCUT2D eigenvalue weighted by Gasteiger charge is -2.33. The molecule has 0 bridgehead atoms. The molecule has 2 aromatic rings. The Balaban J connectivity index is 1.34. The van der Waals surface area contributed by atoms with E-state index in [9.17, 15) is 9.18 Å². The molecule has 2 aliphatic rings. The molecule has 2 fully saturated rings. The molecule has 1 amide bonds. The molecule has 0 atom stereocenters. The molecule has 0 spiro atoms. The van der Waals surface area contributed by atoms with Crippen LogP contribution >= 0.6 is 0 Å². The minimum Gasteiger partial charge on any atom is -0.407 e. The van der Waals surface area contributed by atoms with Crippen LogP contribution in [0.1, 0.15) is 76.4 Å². The number of aromatic nitrogens is 2. The van der Waals surface area contributed by atoms with Gasteiger partial charge < -0.3 is 18.7 Å². The van der Waals surface area contributed by atoms with Crippen LogP contribution in [-0.4, -0.2) is 42.9 Å². The van der Waals surface area contributed by atoms with Gasteiger partial charge in [-0.25, -0.2) is 4.39 Å². The van der Waals surface area contributed by atoms with Gasteiger partial charge in [-0.15, -0.1) is 0 Å². The summed E-state index contributed by atoms with van der Waals surface area (Å²) in [5.41, 5.74) is 1.61. The number of amides is 1. The van der Waals surface area contributed by atoms with Gasteiger partial charge in [0.2, 0.25) is 11.8 Å². The van der Waals surface area contributed by atoms with Crippen molar-refractivity contribution in [2.24, 2.45) is 5.41 Å². The Morgan fingerprint density at radius 2 is 1.97 bits per heavy atom. The number of carbonyl (C=O) groups is 1. The summed E-state index contributed by atoms with van der Waals surface area (Å²) in [4.78, 5) is 19.2. The quantitative estimate of drug-likeness (QED) is 0.321. The Morgan fingerprint density at radius 3 is 2.69 bits per heavy atom. The van der Waals surface area contributed by atoms with Crippen molar-refractivity contribution < 1.29 is 23.0 Å². The van der Waals surface area contributed by atoms with Gasteiger partial charge in [-0.3, -0.25) is 4.79 Å². The largest absolute Gasteiger partial charge is 0.493 e. The van der Waals surface area contributed by atoms with Gasteiger partial charge in [-0.05, 0) is 43.3 Å². The second-order valence-electron chi connectivity index (χ2n) is 10.4. The predicted octanol–water partition coefficient (Wildman–Crippen LogP) is 4.72. The summed E-state index contributed by atoms with van der Waals surface area (Å²) in [6.45, 7) is 9.23. The summed E-state index contributed by atoms with van der Waals surface area (Å²) in [7, 11) is -0.458. The van der Waals surface area contributed by atoms with Crippen LogP contribution in [0.25, 0.3) is 0 Å². The van der Waals surface area contributed by atoms with E-state index >= 15 is 0 Å². The molecule has 1 saturated heterocycles. The molecule has 0 unspecified atom stereocenters. The molecule has 4 rings (SSSR count). The molecule has 7 nitrogen and oxygen atoms in total. The highest BCUT2D eigenvalue weighted by molar-refractivity contribution is 6.61.